The molecule has 2 aromatic heterocycles. The van der Waals surface area contributed by atoms with Gasteiger partial charge in [0.2, 0.25) is 0 Å². The summed E-state index contributed by atoms with van der Waals surface area (Å²) in [6.45, 7) is 0. The minimum atomic E-state index is -0.160. The van der Waals surface area contributed by atoms with Crippen LogP contribution in [-0.2, 0) is 0 Å². The first-order chi connectivity index (χ1) is 11.7. The van der Waals surface area contributed by atoms with Gasteiger partial charge in [-0.15, -0.1) is 0 Å². The molecule has 3 heterocycles. The van der Waals surface area contributed by atoms with Crippen molar-refractivity contribution < 1.29 is 9.52 Å². The molecule has 24 heavy (non-hydrogen) atoms. The topological polar surface area (TPSA) is 61.5 Å². The summed E-state index contributed by atoms with van der Waals surface area (Å²) in [6, 6.07) is 16.3. The molecule has 1 saturated heterocycles. The maximum atomic E-state index is 9.55. The Morgan fingerprint density at radius 3 is 2.58 bits per heavy atom. The number of phenolic OH excluding ortho intramolecular Hbond substituents is 1. The van der Waals surface area contributed by atoms with Crippen molar-refractivity contribution in [3.05, 3.63) is 78.5 Å². The number of hydrogen-bond acceptors (Lipinski definition) is 4. The Bertz CT molecular complexity index is 834. The number of aromatic nitrogens is 1. The maximum absolute atomic E-state index is 9.55. The highest BCUT2D eigenvalue weighted by molar-refractivity contribution is 7.80. The molecule has 1 aliphatic heterocycles. The lowest BCUT2D eigenvalue weighted by molar-refractivity contribution is 0.432. The number of furan rings is 1. The molecule has 0 saturated carbocycles. The van der Waals surface area contributed by atoms with Crippen LogP contribution in [0, 0.1) is 0 Å². The molecule has 0 radical (unpaired) electrons. The second kappa shape index (κ2) is 5.98. The molecule has 0 aliphatic carbocycles. The quantitative estimate of drug-likeness (QED) is 0.713. The van der Waals surface area contributed by atoms with Gasteiger partial charge in [-0.05, 0) is 60.7 Å². The number of aromatic hydroxyl groups is 1. The zero-order valence-electron chi connectivity index (χ0n) is 12.7. The summed E-state index contributed by atoms with van der Waals surface area (Å²) < 4.78 is 5.67. The molecule has 2 atom stereocenters. The van der Waals surface area contributed by atoms with Gasteiger partial charge in [-0.1, -0.05) is 6.07 Å². The van der Waals surface area contributed by atoms with E-state index in [0.717, 1.165) is 17.1 Å². The highest BCUT2D eigenvalue weighted by atomic mass is 32.1. The van der Waals surface area contributed by atoms with Crippen LogP contribution in [0.5, 0.6) is 5.75 Å². The Kier molecular flexibility index (Phi) is 3.66. The van der Waals surface area contributed by atoms with Crippen molar-refractivity contribution in [2.24, 2.45) is 0 Å². The predicted octanol–water partition coefficient (Wildman–Crippen LogP) is 3.56. The second-order valence-corrected chi connectivity index (χ2v) is 5.92. The Morgan fingerprint density at radius 1 is 1.08 bits per heavy atom. The monoisotopic (exact) mass is 337 g/mol. The lowest BCUT2D eigenvalue weighted by Gasteiger charge is -2.26. The van der Waals surface area contributed by atoms with Crippen molar-refractivity contribution in [1.82, 2.24) is 10.3 Å². The highest BCUT2D eigenvalue weighted by Gasteiger charge is 2.42. The third kappa shape index (κ3) is 2.51. The zero-order valence-corrected chi connectivity index (χ0v) is 13.5. The van der Waals surface area contributed by atoms with Crippen LogP contribution in [0.3, 0.4) is 0 Å². The number of pyridine rings is 1. The third-order valence-corrected chi connectivity index (χ3v) is 4.38. The SMILES string of the molecule is Oc1ccc(N2C(=S)N[C@H](c3ccccn3)[C@H]2c2ccco2)cc1. The van der Waals surface area contributed by atoms with Crippen LogP contribution in [0.1, 0.15) is 23.5 Å². The van der Waals surface area contributed by atoms with E-state index in [0.29, 0.717) is 5.11 Å². The molecule has 0 unspecified atom stereocenters. The standard InChI is InChI=1S/C18H15N3O2S/c22-13-8-6-12(7-9-13)21-17(15-5-3-11-23-15)16(20-18(21)24)14-4-1-2-10-19-14/h1-11,16-17,22H,(H,20,24)/t16-,17-/m1/s1. The number of benzene rings is 1. The van der Waals surface area contributed by atoms with Gasteiger partial charge in [-0.3, -0.25) is 4.98 Å². The van der Waals surface area contributed by atoms with Gasteiger partial charge in [-0.25, -0.2) is 0 Å². The molecule has 6 heteroatoms. The Labute approximate surface area is 144 Å². The minimum Gasteiger partial charge on any atom is -0.508 e. The number of thiocarbonyl (C=S) groups is 1. The van der Waals surface area contributed by atoms with E-state index < -0.39 is 0 Å². The number of hydrogen-bond donors (Lipinski definition) is 2. The number of rotatable bonds is 3. The van der Waals surface area contributed by atoms with Gasteiger partial charge < -0.3 is 19.7 Å². The fourth-order valence-electron chi connectivity index (χ4n) is 2.99. The first-order valence-electron chi connectivity index (χ1n) is 7.57. The van der Waals surface area contributed by atoms with Gasteiger partial charge >= 0.3 is 0 Å². The van der Waals surface area contributed by atoms with Crippen LogP contribution in [0.15, 0.2) is 71.5 Å². The Balaban J connectivity index is 1.80. The summed E-state index contributed by atoms with van der Waals surface area (Å²) in [5.41, 5.74) is 1.77. The summed E-state index contributed by atoms with van der Waals surface area (Å²) >= 11 is 5.57. The van der Waals surface area contributed by atoms with Gasteiger partial charge in [0.1, 0.15) is 17.6 Å². The van der Waals surface area contributed by atoms with Gasteiger partial charge in [0.25, 0.3) is 0 Å². The van der Waals surface area contributed by atoms with Gasteiger partial charge in [0.05, 0.1) is 18.0 Å². The second-order valence-electron chi connectivity index (χ2n) is 5.53. The van der Waals surface area contributed by atoms with Crippen molar-refractivity contribution >= 4 is 23.0 Å². The first kappa shape index (κ1) is 14.7. The summed E-state index contributed by atoms with van der Waals surface area (Å²) in [6.07, 6.45) is 3.42. The number of nitrogens with one attached hydrogen (secondary N) is 1. The molecular formula is C18H15N3O2S. The molecule has 1 aliphatic rings. The summed E-state index contributed by atoms with van der Waals surface area (Å²) in [7, 11) is 0. The van der Waals surface area contributed by atoms with Gasteiger partial charge in [-0.2, -0.15) is 0 Å². The molecule has 1 aromatic carbocycles. The summed E-state index contributed by atoms with van der Waals surface area (Å²) in [5, 5.41) is 13.5. The molecule has 120 valence electrons. The van der Waals surface area contributed by atoms with E-state index in [1.165, 1.54) is 0 Å². The predicted molar refractivity (Wildman–Crippen MR) is 94.7 cm³/mol. The van der Waals surface area contributed by atoms with E-state index in [-0.39, 0.29) is 17.8 Å². The minimum absolute atomic E-state index is 0.126. The molecule has 0 spiro atoms. The van der Waals surface area contributed by atoms with E-state index in [4.69, 9.17) is 16.6 Å². The van der Waals surface area contributed by atoms with Crippen molar-refractivity contribution in [2.75, 3.05) is 4.90 Å². The smallest absolute Gasteiger partial charge is 0.174 e. The van der Waals surface area contributed by atoms with Crippen LogP contribution < -0.4 is 10.2 Å². The van der Waals surface area contributed by atoms with Gasteiger partial charge in [0, 0.05) is 11.9 Å². The molecule has 0 amide bonds. The number of nitrogens with zero attached hydrogens (tertiary/aromatic N) is 2. The summed E-state index contributed by atoms with van der Waals surface area (Å²) in [5.74, 6) is 1.01. The number of anilines is 1. The van der Waals surface area contributed by atoms with Crippen molar-refractivity contribution in [1.29, 1.82) is 0 Å². The average Bonchev–Trinajstić information content (AvgIpc) is 3.24. The van der Waals surface area contributed by atoms with Gasteiger partial charge in [0.15, 0.2) is 5.11 Å². The van der Waals surface area contributed by atoms with E-state index in [1.54, 1.807) is 24.6 Å². The Hall–Kier alpha value is -2.86. The van der Waals surface area contributed by atoms with E-state index in [9.17, 15) is 5.11 Å². The van der Waals surface area contributed by atoms with E-state index in [2.05, 4.69) is 10.3 Å². The normalized spacial score (nSPS) is 20.2. The van der Waals surface area contributed by atoms with Crippen molar-refractivity contribution in [2.45, 2.75) is 12.1 Å². The van der Waals surface area contributed by atoms with Crippen LogP contribution in [0.25, 0.3) is 0 Å². The van der Waals surface area contributed by atoms with E-state index >= 15 is 0 Å². The molecule has 1 fully saturated rings. The highest BCUT2D eigenvalue weighted by Crippen LogP contribution is 2.41. The lowest BCUT2D eigenvalue weighted by atomic mass is 10.0. The molecule has 2 N–H and O–H groups in total. The van der Waals surface area contributed by atoms with Crippen LogP contribution in [0.2, 0.25) is 0 Å². The average molecular weight is 337 g/mol. The fraction of sp³-hybridized carbons (Fsp3) is 0.111. The first-order valence-corrected chi connectivity index (χ1v) is 7.98. The zero-order chi connectivity index (χ0) is 16.5. The molecule has 3 aromatic rings. The third-order valence-electron chi connectivity index (χ3n) is 4.06. The lowest BCUT2D eigenvalue weighted by Crippen LogP contribution is -2.29. The largest absolute Gasteiger partial charge is 0.508 e. The molecule has 0 bridgehead atoms. The molecular weight excluding hydrogens is 322 g/mol. The maximum Gasteiger partial charge on any atom is 0.174 e. The van der Waals surface area contributed by atoms with Crippen molar-refractivity contribution in [3.8, 4) is 5.75 Å². The van der Waals surface area contributed by atoms with Crippen LogP contribution >= 0.6 is 12.2 Å². The Morgan fingerprint density at radius 2 is 1.92 bits per heavy atom. The number of phenols is 1. The summed E-state index contributed by atoms with van der Waals surface area (Å²) in [4.78, 5) is 6.46. The van der Waals surface area contributed by atoms with Crippen LogP contribution in [0.4, 0.5) is 5.69 Å². The van der Waals surface area contributed by atoms with E-state index in [1.807, 2.05) is 47.4 Å². The molecule has 5 nitrogen and oxygen atoms in total. The van der Waals surface area contributed by atoms with Crippen LogP contribution in [-0.4, -0.2) is 15.2 Å². The molecule has 4 rings (SSSR count). The fourth-order valence-corrected chi connectivity index (χ4v) is 3.34. The van der Waals surface area contributed by atoms with Crippen molar-refractivity contribution in [3.63, 3.8) is 0 Å².